The van der Waals surface area contributed by atoms with Crippen molar-refractivity contribution >= 4 is 23.0 Å². The van der Waals surface area contributed by atoms with Gasteiger partial charge in [-0.25, -0.2) is 9.37 Å². The van der Waals surface area contributed by atoms with Crippen LogP contribution in [0.4, 0.5) is 10.1 Å². The highest BCUT2D eigenvalue weighted by atomic mass is 19.1. The summed E-state index contributed by atoms with van der Waals surface area (Å²) in [6, 6.07) is 2.14. The maximum absolute atomic E-state index is 14.5. The van der Waals surface area contributed by atoms with Crippen LogP contribution >= 0.6 is 0 Å². The van der Waals surface area contributed by atoms with Gasteiger partial charge in [-0.2, -0.15) is 0 Å². The third-order valence-electron chi connectivity index (χ3n) is 7.11. The van der Waals surface area contributed by atoms with Crippen molar-refractivity contribution in [1.82, 2.24) is 19.6 Å². The Kier molecular flexibility index (Phi) is 6.74. The largest absolute Gasteiger partial charge is 0.381 e. The molecule has 9 nitrogen and oxygen atoms in total. The summed E-state index contributed by atoms with van der Waals surface area (Å²) in [6.07, 6.45) is 12.3. The van der Waals surface area contributed by atoms with Gasteiger partial charge >= 0.3 is 0 Å². The standard InChI is InChI=1S/C26H32FN7O2/c1-15-12-34-14-18(10-22(27)25(34)30-15)32-26(35)20-4-5-23(21(11-29-2)24(20)28)33-7-6-16(13-33)31-17-8-19(9-17)36-3/h4-5,10-12,14,16-17,19,28-29,31H,6-9,13H2,1-3H3,(H,32,35)/p+1/b21-11-,28-24?/t16-,17?,19?/m0/s1. The lowest BCUT2D eigenvalue weighted by molar-refractivity contribution is -0.556. The van der Waals surface area contributed by atoms with Gasteiger partial charge in [0.25, 0.3) is 5.91 Å². The first-order valence-corrected chi connectivity index (χ1v) is 12.4. The van der Waals surface area contributed by atoms with E-state index in [1.165, 1.54) is 6.07 Å². The molecular formula is C26H33FN7O2+. The molecule has 1 atom stereocenters. The van der Waals surface area contributed by atoms with Crippen LogP contribution in [0.1, 0.15) is 25.0 Å². The zero-order valence-electron chi connectivity index (χ0n) is 20.8. The first kappa shape index (κ1) is 24.4. The second-order valence-electron chi connectivity index (χ2n) is 9.69. The van der Waals surface area contributed by atoms with Gasteiger partial charge in [-0.15, -0.1) is 0 Å². The van der Waals surface area contributed by atoms with Crippen molar-refractivity contribution in [2.24, 2.45) is 0 Å². The summed E-state index contributed by atoms with van der Waals surface area (Å²) in [7, 11) is 3.67. The number of hydrogen-bond donors (Lipinski definition) is 4. The quantitative estimate of drug-likeness (QED) is 0.466. The van der Waals surface area contributed by atoms with Gasteiger partial charge in [0.2, 0.25) is 0 Å². The Morgan fingerprint density at radius 1 is 1.31 bits per heavy atom. The molecule has 3 heterocycles. The number of aryl methyl sites for hydroxylation is 1. The molecule has 5 rings (SSSR count). The van der Waals surface area contributed by atoms with Gasteiger partial charge in [0.15, 0.2) is 11.5 Å². The number of carbonyl (C=O) groups excluding carboxylic acids is 1. The maximum atomic E-state index is 14.5. The van der Waals surface area contributed by atoms with Crippen LogP contribution in [-0.4, -0.2) is 71.3 Å². The van der Waals surface area contributed by atoms with E-state index in [1.54, 1.807) is 36.9 Å². The van der Waals surface area contributed by atoms with Crippen molar-refractivity contribution in [2.45, 2.75) is 44.4 Å². The summed E-state index contributed by atoms with van der Waals surface area (Å²) < 4.78 is 21.4. The van der Waals surface area contributed by atoms with Gasteiger partial charge in [0.1, 0.15) is 6.20 Å². The molecule has 2 aliphatic carbocycles. The molecular weight excluding hydrogens is 461 g/mol. The highest BCUT2D eigenvalue weighted by molar-refractivity contribution is 6.31. The molecule has 2 aromatic rings. The number of fused-ring (bicyclic) bond motifs is 1. The average molecular weight is 495 g/mol. The minimum atomic E-state index is -0.520. The number of amides is 1. The van der Waals surface area contributed by atoms with Crippen LogP contribution in [0.25, 0.3) is 5.65 Å². The number of carbonyl (C=O) groups is 1. The Bertz CT molecular complexity index is 1290. The molecule has 0 bridgehead atoms. The topological polar surface area (TPSA) is 111 Å². The lowest BCUT2D eigenvalue weighted by Crippen LogP contribution is -2.73. The van der Waals surface area contributed by atoms with E-state index in [0.29, 0.717) is 35.1 Å². The van der Waals surface area contributed by atoms with Crippen molar-refractivity contribution < 1.29 is 19.2 Å². The molecule has 3 aliphatic rings. The molecule has 5 N–H and O–H groups in total. The van der Waals surface area contributed by atoms with Gasteiger partial charge in [0.05, 0.1) is 47.1 Å². The van der Waals surface area contributed by atoms with Gasteiger partial charge in [-0.3, -0.25) is 10.2 Å². The van der Waals surface area contributed by atoms with E-state index in [4.69, 9.17) is 10.1 Å². The van der Waals surface area contributed by atoms with Crippen LogP contribution in [-0.2, 0) is 9.53 Å². The molecule has 1 saturated heterocycles. The Labute approximate surface area is 209 Å². The van der Waals surface area contributed by atoms with Crippen molar-refractivity contribution in [1.29, 1.82) is 5.41 Å². The Balaban J connectivity index is 1.31. The molecule has 10 heteroatoms. The number of quaternary nitrogens is 1. The molecule has 0 unspecified atom stereocenters. The Hall–Kier alpha value is -3.34. The summed E-state index contributed by atoms with van der Waals surface area (Å²) >= 11 is 0. The minimum Gasteiger partial charge on any atom is -0.381 e. The lowest BCUT2D eigenvalue weighted by atomic mass is 9.88. The molecule has 0 radical (unpaired) electrons. The average Bonchev–Trinajstić information content (AvgIpc) is 3.43. The number of imidazole rings is 1. The fourth-order valence-electron chi connectivity index (χ4n) is 5.20. The molecule has 1 saturated carbocycles. The highest BCUT2D eigenvalue weighted by Gasteiger charge is 2.35. The Morgan fingerprint density at radius 3 is 2.86 bits per heavy atom. The number of allylic oxidation sites excluding steroid dienone is 3. The molecule has 0 aromatic carbocycles. The third-order valence-corrected chi connectivity index (χ3v) is 7.11. The lowest BCUT2D eigenvalue weighted by Gasteiger charge is -2.36. The fraction of sp³-hybridized carbons (Fsp3) is 0.423. The molecule has 1 aliphatic heterocycles. The van der Waals surface area contributed by atoms with E-state index in [-0.39, 0.29) is 16.9 Å². The van der Waals surface area contributed by atoms with Gasteiger partial charge in [-0.1, -0.05) is 0 Å². The third kappa shape index (κ3) is 4.71. The molecule has 190 valence electrons. The van der Waals surface area contributed by atoms with E-state index in [0.717, 1.165) is 38.0 Å². The zero-order valence-corrected chi connectivity index (χ0v) is 20.8. The summed E-state index contributed by atoms with van der Waals surface area (Å²) in [5, 5.41) is 17.2. The molecule has 1 amide bonds. The number of halogens is 1. The molecule has 2 fully saturated rings. The number of methoxy groups -OCH3 is 1. The van der Waals surface area contributed by atoms with Gasteiger partial charge in [0, 0.05) is 50.7 Å². The van der Waals surface area contributed by atoms with Crippen molar-refractivity contribution in [2.75, 3.05) is 32.6 Å². The number of aromatic nitrogens is 2. The summed E-state index contributed by atoms with van der Waals surface area (Å²) in [5.74, 6) is -0.972. The maximum Gasteiger partial charge on any atom is 0.257 e. The fourth-order valence-corrected chi connectivity index (χ4v) is 5.20. The van der Waals surface area contributed by atoms with Crippen LogP contribution < -0.4 is 16.0 Å². The van der Waals surface area contributed by atoms with Crippen LogP contribution in [0.5, 0.6) is 0 Å². The first-order valence-electron chi connectivity index (χ1n) is 12.4. The number of anilines is 1. The Morgan fingerprint density at radius 2 is 2.11 bits per heavy atom. The number of nitrogens with one attached hydrogen (secondary N) is 3. The SMILES string of the molecule is C[NH2+]/C=C1\C(=N)C(C(=O)Nc2cc(F)c3nc(C)cn3c2)=CC=C1N1CC[C@H](NC2CC(OC)C2)C1. The van der Waals surface area contributed by atoms with Crippen LogP contribution in [0.2, 0.25) is 0 Å². The second-order valence-corrected chi connectivity index (χ2v) is 9.69. The molecule has 0 spiro atoms. The normalized spacial score (nSPS) is 25.2. The number of nitrogens with zero attached hydrogens (tertiary/aromatic N) is 3. The number of pyridine rings is 1. The number of nitrogens with two attached hydrogens (primary N) is 1. The van der Waals surface area contributed by atoms with E-state index in [2.05, 4.69) is 20.5 Å². The smallest absolute Gasteiger partial charge is 0.257 e. The first-order chi connectivity index (χ1) is 17.4. The van der Waals surface area contributed by atoms with Crippen LogP contribution in [0.15, 0.2) is 53.7 Å². The predicted octanol–water partition coefficient (Wildman–Crippen LogP) is 1.48. The van der Waals surface area contributed by atoms with E-state index < -0.39 is 11.7 Å². The predicted molar refractivity (Wildman–Crippen MR) is 135 cm³/mol. The number of hydrogen-bond acceptors (Lipinski definition) is 6. The molecule has 2 aromatic heterocycles. The van der Waals surface area contributed by atoms with Crippen molar-refractivity contribution in [3.05, 3.63) is 65.2 Å². The number of ether oxygens (including phenoxy) is 1. The van der Waals surface area contributed by atoms with E-state index in [9.17, 15) is 9.18 Å². The van der Waals surface area contributed by atoms with E-state index in [1.807, 2.05) is 24.6 Å². The van der Waals surface area contributed by atoms with E-state index >= 15 is 0 Å². The van der Waals surface area contributed by atoms with Crippen LogP contribution in [0, 0.1) is 18.2 Å². The van der Waals surface area contributed by atoms with Crippen molar-refractivity contribution in [3.8, 4) is 0 Å². The van der Waals surface area contributed by atoms with Gasteiger partial charge in [-0.05, 0) is 38.3 Å². The molecule has 36 heavy (non-hydrogen) atoms. The summed E-state index contributed by atoms with van der Waals surface area (Å²) in [4.78, 5) is 19.5. The summed E-state index contributed by atoms with van der Waals surface area (Å²) in [5.41, 5.74) is 3.25. The van der Waals surface area contributed by atoms with Crippen LogP contribution in [0.3, 0.4) is 0 Å². The number of rotatable bonds is 7. The highest BCUT2D eigenvalue weighted by Crippen LogP contribution is 2.30. The number of likely N-dealkylation sites (tertiary alicyclic amines) is 1. The summed E-state index contributed by atoms with van der Waals surface area (Å²) in [6.45, 7) is 3.52. The monoisotopic (exact) mass is 494 g/mol. The second kappa shape index (κ2) is 9.96. The van der Waals surface area contributed by atoms with Crippen molar-refractivity contribution in [3.63, 3.8) is 0 Å². The minimum absolute atomic E-state index is 0.154. The zero-order chi connectivity index (χ0) is 25.4. The van der Waals surface area contributed by atoms with Gasteiger partial charge < -0.3 is 30.0 Å².